The average molecular weight is 251 g/mol. The first kappa shape index (κ1) is 14.4. The van der Waals surface area contributed by atoms with E-state index in [2.05, 4.69) is 10.6 Å². The van der Waals surface area contributed by atoms with Crippen LogP contribution in [0.25, 0.3) is 0 Å². The maximum absolute atomic E-state index is 11.7. The third-order valence-corrected chi connectivity index (χ3v) is 2.39. The van der Waals surface area contributed by atoms with Crippen molar-refractivity contribution in [3.8, 4) is 0 Å². The molecule has 1 aromatic rings. The third-order valence-electron chi connectivity index (χ3n) is 2.39. The number of nitrogens with zero attached hydrogens (tertiary/aromatic N) is 1. The topological polar surface area (TPSA) is 63.1 Å². The van der Waals surface area contributed by atoms with Gasteiger partial charge >= 0.3 is 0 Å². The monoisotopic (exact) mass is 251 g/mol. The molecule has 2 N–H and O–H groups in total. The number of anilines is 1. The Morgan fingerprint density at radius 3 is 2.56 bits per heavy atom. The Morgan fingerprint density at radius 2 is 2.00 bits per heavy atom. The van der Waals surface area contributed by atoms with Gasteiger partial charge in [-0.15, -0.1) is 0 Å². The molecule has 0 aliphatic rings. The molecule has 0 aliphatic carbocycles. The van der Waals surface area contributed by atoms with Gasteiger partial charge in [0.25, 0.3) is 5.56 Å². The molecule has 100 valence electrons. The third kappa shape index (κ3) is 4.71. The number of rotatable bonds is 4. The van der Waals surface area contributed by atoms with E-state index in [0.717, 1.165) is 0 Å². The number of aromatic nitrogens is 1. The summed E-state index contributed by atoms with van der Waals surface area (Å²) in [6.45, 7) is 8.71. The van der Waals surface area contributed by atoms with Crippen LogP contribution in [-0.4, -0.2) is 22.6 Å². The van der Waals surface area contributed by atoms with Gasteiger partial charge in [0.15, 0.2) is 0 Å². The van der Waals surface area contributed by atoms with Crippen molar-refractivity contribution in [2.75, 3.05) is 11.9 Å². The van der Waals surface area contributed by atoms with Gasteiger partial charge in [-0.05, 0) is 33.8 Å². The molecule has 0 spiro atoms. The summed E-state index contributed by atoms with van der Waals surface area (Å²) in [7, 11) is 0. The summed E-state index contributed by atoms with van der Waals surface area (Å²) in [6, 6.07) is 3.07. The summed E-state index contributed by atoms with van der Waals surface area (Å²) < 4.78 is 1.55. The molecule has 0 unspecified atom stereocenters. The van der Waals surface area contributed by atoms with E-state index < -0.39 is 0 Å². The normalized spacial score (nSPS) is 11.3. The molecule has 0 aromatic carbocycles. The average Bonchev–Trinajstić information content (AvgIpc) is 2.28. The van der Waals surface area contributed by atoms with Gasteiger partial charge < -0.3 is 15.2 Å². The summed E-state index contributed by atoms with van der Waals surface area (Å²) in [5.41, 5.74) is 0.472. The second-order valence-corrected chi connectivity index (χ2v) is 5.19. The van der Waals surface area contributed by atoms with Crippen molar-refractivity contribution in [1.82, 2.24) is 9.88 Å². The van der Waals surface area contributed by atoms with Crippen LogP contribution < -0.4 is 16.2 Å². The van der Waals surface area contributed by atoms with Crippen molar-refractivity contribution < 1.29 is 4.79 Å². The van der Waals surface area contributed by atoms with Gasteiger partial charge in [-0.3, -0.25) is 9.59 Å². The van der Waals surface area contributed by atoms with Crippen LogP contribution in [0.3, 0.4) is 0 Å². The Kier molecular flexibility index (Phi) is 4.67. The first-order valence-electron chi connectivity index (χ1n) is 6.07. The molecule has 0 saturated heterocycles. The molecule has 1 heterocycles. The highest BCUT2D eigenvalue weighted by atomic mass is 16.2. The second kappa shape index (κ2) is 5.82. The van der Waals surface area contributed by atoms with Crippen molar-refractivity contribution in [2.45, 2.75) is 39.8 Å². The van der Waals surface area contributed by atoms with E-state index in [4.69, 9.17) is 0 Å². The fourth-order valence-corrected chi connectivity index (χ4v) is 1.40. The fourth-order valence-electron chi connectivity index (χ4n) is 1.40. The van der Waals surface area contributed by atoms with Crippen molar-refractivity contribution in [2.24, 2.45) is 0 Å². The largest absolute Gasteiger partial charge is 0.324 e. The lowest BCUT2D eigenvalue weighted by atomic mass is 10.1. The molecule has 0 aliphatic heterocycles. The predicted molar refractivity (Wildman–Crippen MR) is 72.8 cm³/mol. The Balaban J connectivity index is 2.62. The molecule has 5 nitrogen and oxygen atoms in total. The van der Waals surface area contributed by atoms with Crippen LogP contribution in [0.15, 0.2) is 23.1 Å². The zero-order valence-electron chi connectivity index (χ0n) is 11.4. The first-order chi connectivity index (χ1) is 8.31. The number of amides is 1. The summed E-state index contributed by atoms with van der Waals surface area (Å²) >= 11 is 0. The molecule has 0 saturated carbocycles. The predicted octanol–water partition coefficient (Wildman–Crippen LogP) is 1.19. The van der Waals surface area contributed by atoms with E-state index in [9.17, 15) is 9.59 Å². The van der Waals surface area contributed by atoms with Crippen LogP contribution in [-0.2, 0) is 11.3 Å². The molecule has 0 fully saturated rings. The summed E-state index contributed by atoms with van der Waals surface area (Å²) in [5.74, 6) is -0.119. The fraction of sp³-hybridized carbons (Fsp3) is 0.538. The van der Waals surface area contributed by atoms with E-state index in [1.807, 2.05) is 27.7 Å². The molecule has 1 amide bonds. The van der Waals surface area contributed by atoms with Crippen LogP contribution in [0.1, 0.15) is 27.7 Å². The van der Waals surface area contributed by atoms with Gasteiger partial charge in [0, 0.05) is 24.3 Å². The first-order valence-corrected chi connectivity index (χ1v) is 6.07. The quantitative estimate of drug-likeness (QED) is 0.845. The molecule has 1 aromatic heterocycles. The Hall–Kier alpha value is -1.62. The van der Waals surface area contributed by atoms with Gasteiger partial charge in [-0.1, -0.05) is 0 Å². The smallest absolute Gasteiger partial charge is 0.250 e. The van der Waals surface area contributed by atoms with Gasteiger partial charge in [-0.2, -0.15) is 0 Å². The molecule has 18 heavy (non-hydrogen) atoms. The van der Waals surface area contributed by atoms with E-state index in [0.29, 0.717) is 12.2 Å². The highest BCUT2D eigenvalue weighted by molar-refractivity contribution is 5.92. The van der Waals surface area contributed by atoms with Crippen molar-refractivity contribution in [1.29, 1.82) is 0 Å². The molecule has 5 heteroatoms. The SMILES string of the molecule is CCn1cc(NC(=O)CNC(C)(C)C)ccc1=O. The Labute approximate surface area is 107 Å². The lowest BCUT2D eigenvalue weighted by Crippen LogP contribution is -2.41. The number of nitrogens with one attached hydrogen (secondary N) is 2. The van der Waals surface area contributed by atoms with E-state index in [1.165, 1.54) is 6.07 Å². The summed E-state index contributed by atoms with van der Waals surface area (Å²) in [5, 5.41) is 5.86. The summed E-state index contributed by atoms with van der Waals surface area (Å²) in [6.07, 6.45) is 1.65. The van der Waals surface area contributed by atoms with E-state index in [-0.39, 0.29) is 23.6 Å². The van der Waals surface area contributed by atoms with E-state index in [1.54, 1.807) is 16.8 Å². The Bertz CT molecular complexity index is 472. The van der Waals surface area contributed by atoms with Crippen LogP contribution in [0.2, 0.25) is 0 Å². The number of pyridine rings is 1. The number of aryl methyl sites for hydroxylation is 1. The zero-order valence-corrected chi connectivity index (χ0v) is 11.4. The summed E-state index contributed by atoms with van der Waals surface area (Å²) in [4.78, 5) is 23.1. The lowest BCUT2D eigenvalue weighted by Gasteiger charge is -2.20. The number of carbonyl (C=O) groups excluding carboxylic acids is 1. The van der Waals surface area contributed by atoms with Crippen LogP contribution in [0.5, 0.6) is 0 Å². The van der Waals surface area contributed by atoms with Crippen LogP contribution >= 0.6 is 0 Å². The molecule has 0 atom stereocenters. The molecular weight excluding hydrogens is 230 g/mol. The van der Waals surface area contributed by atoms with Crippen LogP contribution in [0.4, 0.5) is 5.69 Å². The van der Waals surface area contributed by atoms with Crippen molar-refractivity contribution >= 4 is 11.6 Å². The maximum atomic E-state index is 11.7. The van der Waals surface area contributed by atoms with Crippen molar-refractivity contribution in [3.63, 3.8) is 0 Å². The number of carbonyl (C=O) groups is 1. The standard InChI is InChI=1S/C13H21N3O2/c1-5-16-9-10(6-7-12(16)18)15-11(17)8-14-13(2,3)4/h6-7,9,14H,5,8H2,1-4H3,(H,15,17). The number of hydrogen-bond donors (Lipinski definition) is 2. The lowest BCUT2D eigenvalue weighted by molar-refractivity contribution is -0.115. The maximum Gasteiger partial charge on any atom is 0.250 e. The minimum Gasteiger partial charge on any atom is -0.324 e. The van der Waals surface area contributed by atoms with Crippen LogP contribution in [0, 0.1) is 0 Å². The minimum atomic E-state index is -0.119. The molecular formula is C13H21N3O2. The van der Waals surface area contributed by atoms with Gasteiger partial charge in [0.05, 0.1) is 12.2 Å². The van der Waals surface area contributed by atoms with Gasteiger partial charge in [-0.25, -0.2) is 0 Å². The zero-order chi connectivity index (χ0) is 13.8. The van der Waals surface area contributed by atoms with Crippen molar-refractivity contribution in [3.05, 3.63) is 28.7 Å². The van der Waals surface area contributed by atoms with Gasteiger partial charge in [0.1, 0.15) is 0 Å². The molecule has 0 radical (unpaired) electrons. The second-order valence-electron chi connectivity index (χ2n) is 5.19. The van der Waals surface area contributed by atoms with E-state index >= 15 is 0 Å². The van der Waals surface area contributed by atoms with Gasteiger partial charge in [0.2, 0.25) is 5.91 Å². The molecule has 0 bridgehead atoms. The number of hydrogen-bond acceptors (Lipinski definition) is 3. The minimum absolute atomic E-state index is 0.0664. The Morgan fingerprint density at radius 1 is 1.33 bits per heavy atom. The highest BCUT2D eigenvalue weighted by Gasteiger charge is 2.11. The molecule has 1 rings (SSSR count). The highest BCUT2D eigenvalue weighted by Crippen LogP contribution is 2.03.